The fourth-order valence-corrected chi connectivity index (χ4v) is 2.20. The average molecular weight is 328 g/mol. The van der Waals surface area contributed by atoms with Crippen molar-refractivity contribution in [3.8, 4) is 0 Å². The van der Waals surface area contributed by atoms with Crippen LogP contribution in [0.2, 0.25) is 0 Å². The number of piperazine rings is 1. The lowest BCUT2D eigenvalue weighted by Crippen LogP contribution is -2.53. The molecule has 1 heterocycles. The number of unbranched alkanes of at least 4 members (excludes halogenated alkanes) is 4. The first kappa shape index (κ1) is 21.1. The minimum absolute atomic E-state index is 0.294. The number of hydrogen-bond donors (Lipinski definition) is 3. The van der Waals surface area contributed by atoms with E-state index in [1.54, 1.807) is 0 Å². The van der Waals surface area contributed by atoms with Gasteiger partial charge in [0.05, 0.1) is 6.61 Å². The van der Waals surface area contributed by atoms with Crippen molar-refractivity contribution < 1.29 is 28.2 Å². The summed E-state index contributed by atoms with van der Waals surface area (Å²) in [7, 11) is 0. The Morgan fingerprint density at radius 1 is 1.27 bits per heavy atom. The molecule has 8 heteroatoms. The summed E-state index contributed by atoms with van der Waals surface area (Å²) in [5.74, 6) is -2.76. The number of aliphatic hydroxyl groups excluding tert-OH is 1. The van der Waals surface area contributed by atoms with Crippen LogP contribution < -0.4 is 5.32 Å². The first-order chi connectivity index (χ1) is 10.3. The number of rotatable bonds is 7. The number of carboxylic acids is 1. The van der Waals surface area contributed by atoms with Gasteiger partial charge in [-0.05, 0) is 13.0 Å². The number of nitrogens with zero attached hydrogens (tertiary/aromatic N) is 1. The molecule has 0 aromatic carbocycles. The number of aliphatic hydroxyl groups is 1. The Bertz CT molecular complexity index is 302. The van der Waals surface area contributed by atoms with Crippen LogP contribution in [-0.2, 0) is 4.79 Å². The van der Waals surface area contributed by atoms with Crippen LogP contribution in [0.5, 0.6) is 0 Å². The number of nitrogens with one attached hydrogen (secondary N) is 1. The van der Waals surface area contributed by atoms with E-state index in [-0.39, 0.29) is 0 Å². The number of carboxylic acid groups (broad SMARTS) is 1. The van der Waals surface area contributed by atoms with E-state index in [0.29, 0.717) is 12.6 Å². The molecule has 1 fully saturated rings. The molecule has 1 rings (SSSR count). The molecule has 1 saturated heterocycles. The molecule has 1 atom stereocenters. The molecule has 0 aliphatic carbocycles. The van der Waals surface area contributed by atoms with Gasteiger partial charge in [-0.3, -0.25) is 4.90 Å². The van der Waals surface area contributed by atoms with E-state index in [4.69, 9.17) is 9.90 Å². The molecule has 132 valence electrons. The molecule has 0 bridgehead atoms. The van der Waals surface area contributed by atoms with Crippen molar-refractivity contribution in [1.29, 1.82) is 0 Å². The molecule has 5 nitrogen and oxygen atoms in total. The van der Waals surface area contributed by atoms with Gasteiger partial charge in [0, 0.05) is 25.7 Å². The molecule has 0 saturated carbocycles. The van der Waals surface area contributed by atoms with Crippen LogP contribution in [0.15, 0.2) is 0 Å². The fraction of sp³-hybridized carbons (Fsp3) is 0.929. The minimum atomic E-state index is -5.08. The van der Waals surface area contributed by atoms with Gasteiger partial charge in [-0.1, -0.05) is 32.6 Å². The largest absolute Gasteiger partial charge is 0.490 e. The zero-order valence-electron chi connectivity index (χ0n) is 13.0. The minimum Gasteiger partial charge on any atom is -0.475 e. The molecule has 22 heavy (non-hydrogen) atoms. The van der Waals surface area contributed by atoms with E-state index in [1.165, 1.54) is 32.1 Å². The lowest BCUT2D eigenvalue weighted by atomic mass is 10.1. The van der Waals surface area contributed by atoms with Gasteiger partial charge < -0.3 is 15.5 Å². The van der Waals surface area contributed by atoms with Gasteiger partial charge in [-0.25, -0.2) is 4.79 Å². The normalized spacial score (nSPS) is 19.4. The highest BCUT2D eigenvalue weighted by atomic mass is 19.4. The summed E-state index contributed by atoms with van der Waals surface area (Å²) in [6.45, 7) is 6.83. The third-order valence-electron chi connectivity index (χ3n) is 3.47. The highest BCUT2D eigenvalue weighted by Gasteiger charge is 2.38. The lowest BCUT2D eigenvalue weighted by Gasteiger charge is -2.35. The van der Waals surface area contributed by atoms with Crippen molar-refractivity contribution in [3.63, 3.8) is 0 Å². The second kappa shape index (κ2) is 11.7. The maximum atomic E-state index is 10.6. The Kier molecular flexibility index (Phi) is 11.2. The Morgan fingerprint density at radius 2 is 1.86 bits per heavy atom. The van der Waals surface area contributed by atoms with E-state index in [2.05, 4.69) is 17.1 Å². The number of alkyl halides is 3. The zero-order valence-corrected chi connectivity index (χ0v) is 13.0. The van der Waals surface area contributed by atoms with E-state index < -0.39 is 12.1 Å². The fourth-order valence-electron chi connectivity index (χ4n) is 2.20. The summed E-state index contributed by atoms with van der Waals surface area (Å²) in [6, 6.07) is 0.352. The van der Waals surface area contributed by atoms with Crippen LogP contribution in [0.3, 0.4) is 0 Å². The molecular formula is C14H27F3N2O3. The van der Waals surface area contributed by atoms with Crippen LogP contribution in [0.4, 0.5) is 13.2 Å². The van der Waals surface area contributed by atoms with Crippen LogP contribution in [0.1, 0.15) is 39.0 Å². The Balaban J connectivity index is 0.000000534. The van der Waals surface area contributed by atoms with Gasteiger partial charge in [0.15, 0.2) is 0 Å². The predicted molar refractivity (Wildman–Crippen MR) is 77.8 cm³/mol. The average Bonchev–Trinajstić information content (AvgIpc) is 2.47. The van der Waals surface area contributed by atoms with Gasteiger partial charge in [-0.2, -0.15) is 13.2 Å². The first-order valence-electron chi connectivity index (χ1n) is 7.68. The van der Waals surface area contributed by atoms with Gasteiger partial charge in [0.25, 0.3) is 0 Å². The standard InChI is InChI=1S/C12H26N2O.C2HF3O2/c1-2-3-4-5-6-8-14-9-7-13-10-12(14)11-15;3-2(4,5)1(6)7/h12-13,15H,2-11H2,1H3;(H,6,7)/t12-;/m0./s1. The smallest absolute Gasteiger partial charge is 0.475 e. The Morgan fingerprint density at radius 3 is 2.36 bits per heavy atom. The molecule has 0 radical (unpaired) electrons. The van der Waals surface area contributed by atoms with Gasteiger partial charge in [-0.15, -0.1) is 0 Å². The summed E-state index contributed by atoms with van der Waals surface area (Å²) in [6.07, 6.45) is 1.59. The molecule has 1 aliphatic heterocycles. The van der Waals surface area contributed by atoms with Crippen molar-refractivity contribution in [2.75, 3.05) is 32.8 Å². The third-order valence-corrected chi connectivity index (χ3v) is 3.47. The first-order valence-corrected chi connectivity index (χ1v) is 7.68. The number of halogens is 3. The molecular weight excluding hydrogens is 301 g/mol. The van der Waals surface area contributed by atoms with E-state index in [9.17, 15) is 18.3 Å². The van der Waals surface area contributed by atoms with Crippen LogP contribution in [0, 0.1) is 0 Å². The summed E-state index contributed by atoms with van der Waals surface area (Å²) < 4.78 is 31.7. The molecule has 0 unspecified atom stereocenters. The summed E-state index contributed by atoms with van der Waals surface area (Å²) in [5, 5.41) is 19.7. The lowest BCUT2D eigenvalue weighted by molar-refractivity contribution is -0.192. The summed E-state index contributed by atoms with van der Waals surface area (Å²) in [5.41, 5.74) is 0. The van der Waals surface area contributed by atoms with Gasteiger partial charge in [0.1, 0.15) is 0 Å². The van der Waals surface area contributed by atoms with Crippen molar-refractivity contribution >= 4 is 5.97 Å². The highest BCUT2D eigenvalue weighted by molar-refractivity contribution is 5.73. The third kappa shape index (κ3) is 9.97. The Hall–Kier alpha value is -0.860. The topological polar surface area (TPSA) is 72.8 Å². The quantitative estimate of drug-likeness (QED) is 0.622. The molecule has 3 N–H and O–H groups in total. The van der Waals surface area contributed by atoms with Crippen molar-refractivity contribution in [1.82, 2.24) is 10.2 Å². The van der Waals surface area contributed by atoms with E-state index in [0.717, 1.165) is 26.2 Å². The maximum Gasteiger partial charge on any atom is 0.490 e. The van der Waals surface area contributed by atoms with Crippen LogP contribution in [-0.4, -0.2) is 66.1 Å². The SMILES string of the molecule is CCCCCCCN1CCNC[C@H]1CO.O=C(O)C(F)(F)F. The van der Waals surface area contributed by atoms with Crippen molar-refractivity contribution in [2.24, 2.45) is 0 Å². The number of aliphatic carboxylic acids is 1. The summed E-state index contributed by atoms with van der Waals surface area (Å²) >= 11 is 0. The monoisotopic (exact) mass is 328 g/mol. The second-order valence-electron chi connectivity index (χ2n) is 5.29. The van der Waals surface area contributed by atoms with Crippen LogP contribution in [0.25, 0.3) is 0 Å². The summed E-state index contributed by atoms with van der Waals surface area (Å²) in [4.78, 5) is 11.3. The predicted octanol–water partition coefficient (Wildman–Crippen LogP) is 1.86. The molecule has 0 spiro atoms. The Labute approximate surface area is 129 Å². The molecule has 0 amide bonds. The second-order valence-corrected chi connectivity index (χ2v) is 5.29. The number of hydrogen-bond acceptors (Lipinski definition) is 4. The van der Waals surface area contributed by atoms with E-state index in [1.807, 2.05) is 0 Å². The molecule has 0 aromatic rings. The highest BCUT2D eigenvalue weighted by Crippen LogP contribution is 2.13. The van der Waals surface area contributed by atoms with E-state index >= 15 is 0 Å². The molecule has 0 aromatic heterocycles. The van der Waals surface area contributed by atoms with Gasteiger partial charge in [0.2, 0.25) is 0 Å². The van der Waals surface area contributed by atoms with Crippen molar-refractivity contribution in [3.05, 3.63) is 0 Å². The van der Waals surface area contributed by atoms with Gasteiger partial charge >= 0.3 is 12.1 Å². The number of carbonyl (C=O) groups is 1. The van der Waals surface area contributed by atoms with Crippen molar-refractivity contribution in [2.45, 2.75) is 51.2 Å². The molecule has 1 aliphatic rings. The zero-order chi connectivity index (χ0) is 17.0. The maximum absolute atomic E-state index is 10.6. The van der Waals surface area contributed by atoms with Crippen LogP contribution >= 0.6 is 0 Å².